The molecule has 1 heterocycles. The molecule has 7 heteroatoms. The Balaban J connectivity index is 2.14. The maximum Gasteiger partial charge on any atom is 0.194 e. The molecule has 0 aliphatic rings. The zero-order valence-electron chi connectivity index (χ0n) is 16.2. The smallest absolute Gasteiger partial charge is 0.194 e. The number of aliphatic imine (C=N–C) groups is 1. The van der Waals surface area contributed by atoms with Gasteiger partial charge < -0.3 is 15.1 Å². The molecular weight excluding hydrogens is 349 g/mol. The van der Waals surface area contributed by atoms with Gasteiger partial charge in [-0.25, -0.2) is 9.37 Å². The van der Waals surface area contributed by atoms with E-state index in [1.165, 1.54) is 6.07 Å². The van der Waals surface area contributed by atoms with Gasteiger partial charge >= 0.3 is 0 Å². The Morgan fingerprint density at radius 3 is 2.69 bits per heavy atom. The molecule has 26 heavy (non-hydrogen) atoms. The van der Waals surface area contributed by atoms with Crippen molar-refractivity contribution in [2.45, 2.75) is 26.4 Å². The molecule has 0 saturated heterocycles. The lowest BCUT2D eigenvalue weighted by Crippen LogP contribution is -2.39. The Kier molecular flexibility index (Phi) is 7.53. The molecule has 0 aliphatic carbocycles. The van der Waals surface area contributed by atoms with Crippen LogP contribution in [0, 0.1) is 12.7 Å². The number of guanidine groups is 1. The summed E-state index contributed by atoms with van der Waals surface area (Å²) in [7, 11) is 5.97. The molecule has 2 rings (SSSR count). The summed E-state index contributed by atoms with van der Waals surface area (Å²) >= 11 is 1.65. The third-order valence-electron chi connectivity index (χ3n) is 4.03. The van der Waals surface area contributed by atoms with E-state index in [1.54, 1.807) is 23.5 Å². The molecule has 1 aromatic carbocycles. The molecular formula is C19H28FN5S. The standard InChI is InChI=1S/C19H28FN5S/c1-6-21-19(25(5)12-17-13-26-14(2)23-17)22-11-18(24(3)4)15-8-7-9-16(20)10-15/h7-10,13,18H,6,11-12H2,1-5H3,(H,21,22). The van der Waals surface area contributed by atoms with E-state index in [2.05, 4.69) is 25.5 Å². The predicted octanol–water partition coefficient (Wildman–Crippen LogP) is 3.29. The number of hydrogen-bond acceptors (Lipinski definition) is 4. The van der Waals surface area contributed by atoms with Crippen LogP contribution in [-0.2, 0) is 6.54 Å². The monoisotopic (exact) mass is 377 g/mol. The van der Waals surface area contributed by atoms with Crippen LogP contribution >= 0.6 is 11.3 Å². The van der Waals surface area contributed by atoms with E-state index < -0.39 is 0 Å². The molecule has 0 bridgehead atoms. The topological polar surface area (TPSA) is 43.8 Å². The van der Waals surface area contributed by atoms with Crippen molar-refractivity contribution in [1.29, 1.82) is 0 Å². The summed E-state index contributed by atoms with van der Waals surface area (Å²) in [6.07, 6.45) is 0. The highest BCUT2D eigenvalue weighted by Gasteiger charge is 2.16. The van der Waals surface area contributed by atoms with Crippen LogP contribution in [0.5, 0.6) is 0 Å². The molecule has 1 N–H and O–H groups in total. The first-order valence-corrected chi connectivity index (χ1v) is 9.61. The Morgan fingerprint density at radius 2 is 2.12 bits per heavy atom. The average Bonchev–Trinajstić information content (AvgIpc) is 2.98. The third kappa shape index (κ3) is 5.78. The second-order valence-corrected chi connectivity index (χ2v) is 7.51. The number of rotatable bonds is 7. The highest BCUT2D eigenvalue weighted by Crippen LogP contribution is 2.19. The van der Waals surface area contributed by atoms with Gasteiger partial charge in [0, 0.05) is 19.0 Å². The molecule has 1 unspecified atom stereocenters. The molecule has 2 aromatic rings. The molecule has 0 aliphatic heterocycles. The van der Waals surface area contributed by atoms with Gasteiger partial charge in [0.25, 0.3) is 0 Å². The van der Waals surface area contributed by atoms with Crippen molar-refractivity contribution in [2.75, 3.05) is 34.2 Å². The van der Waals surface area contributed by atoms with Crippen LogP contribution in [0.1, 0.15) is 29.2 Å². The van der Waals surface area contributed by atoms with E-state index in [4.69, 9.17) is 4.99 Å². The van der Waals surface area contributed by atoms with Crippen LogP contribution in [0.15, 0.2) is 34.6 Å². The van der Waals surface area contributed by atoms with E-state index in [0.29, 0.717) is 13.1 Å². The number of halogens is 1. The van der Waals surface area contributed by atoms with Crippen LogP contribution in [-0.4, -0.2) is 55.0 Å². The molecule has 142 valence electrons. The molecule has 5 nitrogen and oxygen atoms in total. The van der Waals surface area contributed by atoms with Crippen molar-refractivity contribution >= 4 is 17.3 Å². The van der Waals surface area contributed by atoms with Crippen LogP contribution in [0.2, 0.25) is 0 Å². The average molecular weight is 378 g/mol. The molecule has 0 saturated carbocycles. The van der Waals surface area contributed by atoms with Crippen molar-refractivity contribution < 1.29 is 4.39 Å². The zero-order valence-corrected chi connectivity index (χ0v) is 17.0. The van der Waals surface area contributed by atoms with Gasteiger partial charge in [0.05, 0.1) is 29.8 Å². The molecule has 0 radical (unpaired) electrons. The van der Waals surface area contributed by atoms with Gasteiger partial charge in [0.1, 0.15) is 5.82 Å². The Bertz CT molecular complexity index is 728. The fourth-order valence-electron chi connectivity index (χ4n) is 2.72. The summed E-state index contributed by atoms with van der Waals surface area (Å²) in [6, 6.07) is 6.74. The summed E-state index contributed by atoms with van der Waals surface area (Å²) in [5, 5.41) is 6.46. The van der Waals surface area contributed by atoms with Crippen molar-refractivity contribution in [3.8, 4) is 0 Å². The first-order valence-electron chi connectivity index (χ1n) is 8.73. The third-order valence-corrected chi connectivity index (χ3v) is 4.86. The van der Waals surface area contributed by atoms with Crippen LogP contribution in [0.25, 0.3) is 0 Å². The van der Waals surface area contributed by atoms with E-state index in [1.807, 2.05) is 41.1 Å². The number of hydrogen-bond donors (Lipinski definition) is 1. The number of nitrogens with zero attached hydrogens (tertiary/aromatic N) is 4. The second-order valence-electron chi connectivity index (χ2n) is 6.44. The van der Waals surface area contributed by atoms with Gasteiger partial charge in [-0.15, -0.1) is 11.3 Å². The summed E-state index contributed by atoms with van der Waals surface area (Å²) in [5.74, 6) is 0.600. The minimum atomic E-state index is -0.221. The van der Waals surface area contributed by atoms with E-state index >= 15 is 0 Å². The van der Waals surface area contributed by atoms with Gasteiger partial charge in [-0.1, -0.05) is 12.1 Å². The number of likely N-dealkylation sites (N-methyl/N-ethyl adjacent to an activating group) is 1. The minimum absolute atomic E-state index is 0.00859. The summed E-state index contributed by atoms with van der Waals surface area (Å²) in [6.45, 7) is 6.08. The number of nitrogens with one attached hydrogen (secondary N) is 1. The lowest BCUT2D eigenvalue weighted by Gasteiger charge is -2.26. The van der Waals surface area contributed by atoms with Gasteiger partial charge in [-0.3, -0.25) is 4.99 Å². The van der Waals surface area contributed by atoms with Gasteiger partial charge in [-0.2, -0.15) is 0 Å². The van der Waals surface area contributed by atoms with E-state index in [9.17, 15) is 4.39 Å². The van der Waals surface area contributed by atoms with Gasteiger partial charge in [0.2, 0.25) is 0 Å². The number of benzene rings is 1. The summed E-state index contributed by atoms with van der Waals surface area (Å²) < 4.78 is 13.6. The van der Waals surface area contributed by atoms with E-state index in [0.717, 1.165) is 28.8 Å². The first-order chi connectivity index (χ1) is 12.4. The molecule has 0 fully saturated rings. The minimum Gasteiger partial charge on any atom is -0.357 e. The maximum atomic E-state index is 13.6. The highest BCUT2D eigenvalue weighted by molar-refractivity contribution is 7.09. The maximum absolute atomic E-state index is 13.6. The predicted molar refractivity (Wildman–Crippen MR) is 107 cm³/mol. The lowest BCUT2D eigenvalue weighted by atomic mass is 10.1. The fourth-order valence-corrected chi connectivity index (χ4v) is 3.33. The molecule has 0 spiro atoms. The quantitative estimate of drug-likeness (QED) is 0.594. The highest BCUT2D eigenvalue weighted by atomic mass is 32.1. The Hall–Kier alpha value is -1.99. The number of aryl methyl sites for hydroxylation is 1. The van der Waals surface area contributed by atoms with Crippen LogP contribution < -0.4 is 5.32 Å². The van der Waals surface area contributed by atoms with Crippen molar-refractivity contribution in [1.82, 2.24) is 20.1 Å². The van der Waals surface area contributed by atoms with Gasteiger partial charge in [0.15, 0.2) is 5.96 Å². The summed E-state index contributed by atoms with van der Waals surface area (Å²) in [4.78, 5) is 13.4. The number of aromatic nitrogens is 1. The molecule has 0 amide bonds. The Morgan fingerprint density at radius 1 is 1.35 bits per heavy atom. The van der Waals surface area contributed by atoms with Crippen LogP contribution in [0.3, 0.4) is 0 Å². The first kappa shape index (κ1) is 20.3. The zero-order chi connectivity index (χ0) is 19.1. The van der Waals surface area contributed by atoms with Crippen LogP contribution in [0.4, 0.5) is 4.39 Å². The summed E-state index contributed by atoms with van der Waals surface area (Å²) in [5.41, 5.74) is 1.96. The van der Waals surface area contributed by atoms with Crippen molar-refractivity contribution in [2.24, 2.45) is 4.99 Å². The largest absolute Gasteiger partial charge is 0.357 e. The SMILES string of the molecule is CCNC(=NCC(c1cccc(F)c1)N(C)C)N(C)Cc1csc(C)n1. The Labute approximate surface area is 159 Å². The van der Waals surface area contributed by atoms with Crippen molar-refractivity contribution in [3.63, 3.8) is 0 Å². The lowest BCUT2D eigenvalue weighted by molar-refractivity contribution is 0.304. The normalized spacial score (nSPS) is 13.1. The molecule has 1 aromatic heterocycles. The van der Waals surface area contributed by atoms with E-state index in [-0.39, 0.29) is 11.9 Å². The van der Waals surface area contributed by atoms with Crippen molar-refractivity contribution in [3.05, 3.63) is 51.7 Å². The second kappa shape index (κ2) is 9.64. The molecule has 1 atom stereocenters. The number of thiazole rings is 1. The van der Waals surface area contributed by atoms with Gasteiger partial charge in [-0.05, 0) is 45.6 Å². The fraction of sp³-hybridized carbons (Fsp3) is 0.474.